The van der Waals surface area contributed by atoms with Crippen LogP contribution in [-0.4, -0.2) is 6.54 Å². The Labute approximate surface area is 76.5 Å². The van der Waals surface area contributed by atoms with Gasteiger partial charge in [0.25, 0.3) is 0 Å². The molecule has 2 nitrogen and oxygen atoms in total. The normalized spacial score (nSPS) is 21.7. The van der Waals surface area contributed by atoms with E-state index in [9.17, 15) is 0 Å². The molecule has 2 heterocycles. The van der Waals surface area contributed by atoms with Crippen molar-refractivity contribution in [1.29, 1.82) is 0 Å². The molecule has 0 spiro atoms. The fraction of sp³-hybridized carbons (Fsp3) is 0.273. The molecule has 3 rings (SSSR count). The Balaban J connectivity index is 2.09. The highest BCUT2D eigenvalue weighted by Gasteiger charge is 2.18. The van der Waals surface area contributed by atoms with Crippen LogP contribution in [-0.2, 0) is 0 Å². The van der Waals surface area contributed by atoms with Crippen molar-refractivity contribution in [2.45, 2.75) is 12.5 Å². The molecule has 1 aliphatic heterocycles. The van der Waals surface area contributed by atoms with Crippen LogP contribution >= 0.6 is 0 Å². The van der Waals surface area contributed by atoms with E-state index in [4.69, 9.17) is 4.42 Å². The van der Waals surface area contributed by atoms with Crippen molar-refractivity contribution in [1.82, 2.24) is 5.32 Å². The fourth-order valence-corrected chi connectivity index (χ4v) is 1.78. The first kappa shape index (κ1) is 7.15. The zero-order chi connectivity index (χ0) is 8.67. The van der Waals surface area contributed by atoms with Gasteiger partial charge in [-0.15, -0.1) is 0 Å². The minimum absolute atomic E-state index is 0.569. The monoisotopic (exact) mass is 173 g/mol. The molecule has 1 aromatic carbocycles. The van der Waals surface area contributed by atoms with Crippen LogP contribution in [0.5, 0.6) is 0 Å². The van der Waals surface area contributed by atoms with Crippen molar-refractivity contribution in [3.8, 4) is 0 Å². The molecule has 0 saturated carbocycles. The maximum absolute atomic E-state index is 5.28. The molecular weight excluding hydrogens is 162 g/mol. The van der Waals surface area contributed by atoms with Gasteiger partial charge in [0.05, 0.1) is 6.26 Å². The van der Waals surface area contributed by atoms with Crippen molar-refractivity contribution in [2.24, 2.45) is 0 Å². The minimum Gasteiger partial charge on any atom is -0.464 e. The van der Waals surface area contributed by atoms with Gasteiger partial charge in [-0.2, -0.15) is 0 Å². The zero-order valence-electron chi connectivity index (χ0n) is 7.29. The second-order valence-corrected chi connectivity index (χ2v) is 3.51. The van der Waals surface area contributed by atoms with Gasteiger partial charge in [-0.05, 0) is 36.7 Å². The molecule has 0 aliphatic carbocycles. The van der Waals surface area contributed by atoms with Crippen molar-refractivity contribution in [3.05, 3.63) is 36.1 Å². The first-order chi connectivity index (χ1) is 6.43. The number of rotatable bonds is 1. The summed E-state index contributed by atoms with van der Waals surface area (Å²) in [5.41, 5.74) is 2.35. The lowest BCUT2D eigenvalue weighted by molar-refractivity contribution is 0.383. The van der Waals surface area contributed by atoms with Crippen LogP contribution in [0, 0.1) is 0 Å². The molecule has 1 atom stereocenters. The Bertz CT molecular complexity index is 428. The number of hydrogen-bond donors (Lipinski definition) is 1. The van der Waals surface area contributed by atoms with Crippen LogP contribution in [0.3, 0.4) is 0 Å². The van der Waals surface area contributed by atoms with Crippen molar-refractivity contribution in [2.75, 3.05) is 6.54 Å². The molecule has 1 aromatic heterocycles. The largest absolute Gasteiger partial charge is 0.464 e. The van der Waals surface area contributed by atoms with Gasteiger partial charge >= 0.3 is 0 Å². The van der Waals surface area contributed by atoms with E-state index in [1.165, 1.54) is 17.4 Å². The van der Waals surface area contributed by atoms with Crippen LogP contribution in [0.2, 0.25) is 0 Å². The predicted octanol–water partition coefficient (Wildman–Crippen LogP) is 2.47. The van der Waals surface area contributed by atoms with Gasteiger partial charge in [0, 0.05) is 11.4 Å². The second kappa shape index (κ2) is 2.60. The van der Waals surface area contributed by atoms with Gasteiger partial charge in [-0.25, -0.2) is 0 Å². The van der Waals surface area contributed by atoms with Crippen molar-refractivity contribution < 1.29 is 4.42 Å². The van der Waals surface area contributed by atoms with Gasteiger partial charge in [0.1, 0.15) is 5.58 Å². The molecule has 1 fully saturated rings. The third kappa shape index (κ3) is 1.06. The molecule has 0 radical (unpaired) electrons. The molecular formula is C11H11NO. The number of fused-ring (bicyclic) bond motifs is 1. The highest BCUT2D eigenvalue weighted by atomic mass is 16.3. The van der Waals surface area contributed by atoms with Gasteiger partial charge in [0.15, 0.2) is 0 Å². The molecule has 1 aliphatic rings. The average Bonchev–Trinajstić information content (AvgIpc) is 2.47. The summed E-state index contributed by atoms with van der Waals surface area (Å²) in [6.45, 7) is 1.15. The summed E-state index contributed by atoms with van der Waals surface area (Å²) < 4.78 is 5.28. The van der Waals surface area contributed by atoms with E-state index in [1.807, 2.05) is 12.1 Å². The summed E-state index contributed by atoms with van der Waals surface area (Å²) in [6.07, 6.45) is 2.99. The average molecular weight is 173 g/mol. The summed E-state index contributed by atoms with van der Waals surface area (Å²) in [4.78, 5) is 0. The lowest BCUT2D eigenvalue weighted by Crippen LogP contribution is -2.34. The fourth-order valence-electron chi connectivity index (χ4n) is 1.78. The van der Waals surface area contributed by atoms with Gasteiger partial charge in [-0.1, -0.05) is 6.07 Å². The van der Waals surface area contributed by atoms with Crippen molar-refractivity contribution >= 4 is 11.0 Å². The topological polar surface area (TPSA) is 25.2 Å². The molecule has 2 heteroatoms. The summed E-state index contributed by atoms with van der Waals surface area (Å²) in [6, 6.07) is 8.97. The van der Waals surface area contributed by atoms with Crippen LogP contribution in [0.1, 0.15) is 18.0 Å². The van der Waals surface area contributed by atoms with Gasteiger partial charge in [0.2, 0.25) is 0 Å². The third-order valence-corrected chi connectivity index (χ3v) is 2.70. The van der Waals surface area contributed by atoms with E-state index < -0.39 is 0 Å². The third-order valence-electron chi connectivity index (χ3n) is 2.70. The standard InChI is InChI=1S/C11H11NO/c1-2-11-9(4-6-13-11)7-8(1)10-3-5-12-10/h1-2,4,6-7,10,12H,3,5H2/t10-/m0/s1. The van der Waals surface area contributed by atoms with E-state index in [2.05, 4.69) is 17.4 Å². The van der Waals surface area contributed by atoms with Gasteiger partial charge in [-0.3, -0.25) is 0 Å². The predicted molar refractivity (Wildman–Crippen MR) is 51.6 cm³/mol. The quantitative estimate of drug-likeness (QED) is 0.716. The Hall–Kier alpha value is -1.28. The number of furan rings is 1. The first-order valence-corrected chi connectivity index (χ1v) is 4.64. The van der Waals surface area contributed by atoms with E-state index in [-0.39, 0.29) is 0 Å². The molecule has 0 amide bonds. The second-order valence-electron chi connectivity index (χ2n) is 3.51. The Kier molecular flexibility index (Phi) is 1.43. The van der Waals surface area contributed by atoms with Crippen LogP contribution in [0.15, 0.2) is 34.9 Å². The Morgan fingerprint density at radius 2 is 2.23 bits per heavy atom. The smallest absolute Gasteiger partial charge is 0.133 e. The zero-order valence-corrected chi connectivity index (χ0v) is 7.29. The Morgan fingerprint density at radius 3 is 3.00 bits per heavy atom. The lowest BCUT2D eigenvalue weighted by Gasteiger charge is -2.27. The summed E-state index contributed by atoms with van der Waals surface area (Å²) in [5.74, 6) is 0. The van der Waals surface area contributed by atoms with E-state index in [0.717, 1.165) is 12.1 Å². The van der Waals surface area contributed by atoms with E-state index in [0.29, 0.717) is 6.04 Å². The molecule has 1 N–H and O–H groups in total. The highest BCUT2D eigenvalue weighted by Crippen LogP contribution is 2.26. The molecule has 1 saturated heterocycles. The van der Waals surface area contributed by atoms with Crippen molar-refractivity contribution in [3.63, 3.8) is 0 Å². The van der Waals surface area contributed by atoms with E-state index >= 15 is 0 Å². The minimum atomic E-state index is 0.569. The molecule has 0 unspecified atom stereocenters. The lowest BCUT2D eigenvalue weighted by atomic mass is 9.97. The van der Waals surface area contributed by atoms with Crippen LogP contribution in [0.25, 0.3) is 11.0 Å². The van der Waals surface area contributed by atoms with Crippen LogP contribution in [0.4, 0.5) is 0 Å². The summed E-state index contributed by atoms with van der Waals surface area (Å²) in [7, 11) is 0. The van der Waals surface area contributed by atoms with Gasteiger partial charge < -0.3 is 9.73 Å². The summed E-state index contributed by atoms with van der Waals surface area (Å²) in [5, 5.41) is 4.59. The molecule has 13 heavy (non-hydrogen) atoms. The number of nitrogens with one attached hydrogen (secondary N) is 1. The maximum atomic E-state index is 5.28. The van der Waals surface area contributed by atoms with Crippen LogP contribution < -0.4 is 5.32 Å². The van der Waals surface area contributed by atoms with E-state index in [1.54, 1.807) is 6.26 Å². The summed E-state index contributed by atoms with van der Waals surface area (Å²) >= 11 is 0. The number of benzene rings is 1. The molecule has 2 aromatic rings. The molecule has 66 valence electrons. The highest BCUT2D eigenvalue weighted by molar-refractivity contribution is 5.77. The SMILES string of the molecule is c1cc2cc([C@@H]3CCN3)ccc2o1. The maximum Gasteiger partial charge on any atom is 0.133 e. The number of hydrogen-bond acceptors (Lipinski definition) is 2. The molecule has 0 bridgehead atoms. The first-order valence-electron chi connectivity index (χ1n) is 4.64. The Morgan fingerprint density at radius 1 is 1.31 bits per heavy atom.